The van der Waals surface area contributed by atoms with Crippen LogP contribution < -0.4 is 16.4 Å². The Bertz CT molecular complexity index is 770. The summed E-state index contributed by atoms with van der Waals surface area (Å²) < 4.78 is 6.37. The first kappa shape index (κ1) is 17.4. The lowest BCUT2D eigenvalue weighted by atomic mass is 10.2. The first-order valence-electron chi connectivity index (χ1n) is 7.09. The van der Waals surface area contributed by atoms with E-state index in [9.17, 15) is 9.59 Å². The molecule has 1 aromatic carbocycles. The number of nitrogens with two attached hydrogens (primary N) is 1. The fraction of sp³-hybridized carbons (Fsp3) is 0.200. The van der Waals surface area contributed by atoms with Crippen molar-refractivity contribution in [2.24, 2.45) is 12.8 Å². The van der Waals surface area contributed by atoms with Gasteiger partial charge < -0.3 is 21.1 Å². The van der Waals surface area contributed by atoms with E-state index < -0.39 is 5.91 Å². The van der Waals surface area contributed by atoms with E-state index in [0.717, 1.165) is 0 Å². The summed E-state index contributed by atoms with van der Waals surface area (Å²) in [6, 6.07) is 6.64. The van der Waals surface area contributed by atoms with Crippen LogP contribution in [0, 0.1) is 0 Å². The first-order chi connectivity index (χ1) is 11.4. The number of anilines is 2. The fourth-order valence-corrected chi connectivity index (χ4v) is 2.18. The number of nitrogens with one attached hydrogen (secondary N) is 2. The van der Waals surface area contributed by atoms with Gasteiger partial charge >= 0.3 is 5.97 Å². The van der Waals surface area contributed by atoms with Crippen molar-refractivity contribution in [1.82, 2.24) is 9.78 Å². The number of benzene rings is 1. The van der Waals surface area contributed by atoms with Crippen LogP contribution in [0.4, 0.5) is 11.4 Å². The number of aryl methyl sites for hydroxylation is 1. The minimum absolute atomic E-state index is 0.0966. The quantitative estimate of drug-likeness (QED) is 0.555. The molecule has 0 spiro atoms. The second kappa shape index (κ2) is 7.55. The van der Waals surface area contributed by atoms with Gasteiger partial charge in [-0.3, -0.25) is 9.48 Å². The molecule has 1 heterocycles. The van der Waals surface area contributed by atoms with Crippen molar-refractivity contribution in [3.63, 3.8) is 0 Å². The van der Waals surface area contributed by atoms with Crippen LogP contribution in [0.3, 0.4) is 0 Å². The van der Waals surface area contributed by atoms with E-state index >= 15 is 0 Å². The Morgan fingerprint density at radius 2 is 1.96 bits per heavy atom. The summed E-state index contributed by atoms with van der Waals surface area (Å²) in [5.74, 6) is -1.04. The Balaban J connectivity index is 2.02. The van der Waals surface area contributed by atoms with E-state index in [2.05, 4.69) is 15.7 Å². The molecule has 0 aliphatic heterocycles. The zero-order chi connectivity index (χ0) is 17.7. The van der Waals surface area contributed by atoms with Crippen LogP contribution in [0.5, 0.6) is 0 Å². The van der Waals surface area contributed by atoms with Gasteiger partial charge in [-0.25, -0.2) is 4.79 Å². The highest BCUT2D eigenvalue weighted by Gasteiger charge is 2.14. The second-order valence-electron chi connectivity index (χ2n) is 4.81. The lowest BCUT2D eigenvalue weighted by molar-refractivity contribution is 0.0526. The normalized spacial score (nSPS) is 10.1. The predicted molar refractivity (Wildman–Crippen MR) is 94.0 cm³/mol. The van der Waals surface area contributed by atoms with Crippen molar-refractivity contribution in [3.05, 3.63) is 41.7 Å². The van der Waals surface area contributed by atoms with E-state index in [0.29, 0.717) is 23.5 Å². The highest BCUT2D eigenvalue weighted by molar-refractivity contribution is 7.80. The molecular formula is C15H17N5O3S. The number of aromatic nitrogens is 2. The molecule has 0 fully saturated rings. The minimum atomic E-state index is -0.653. The Hall–Kier alpha value is -2.94. The summed E-state index contributed by atoms with van der Waals surface area (Å²) in [7, 11) is 1.67. The van der Waals surface area contributed by atoms with Gasteiger partial charge in [0.2, 0.25) is 0 Å². The molecule has 8 nitrogen and oxygen atoms in total. The molecule has 9 heteroatoms. The van der Waals surface area contributed by atoms with Crippen LogP contribution in [-0.2, 0) is 11.8 Å². The van der Waals surface area contributed by atoms with Gasteiger partial charge in [0.25, 0.3) is 5.91 Å². The molecule has 0 aliphatic rings. The summed E-state index contributed by atoms with van der Waals surface area (Å²) >= 11 is 5.20. The molecule has 0 saturated heterocycles. The standard InChI is InChI=1S/C15H17N5O3S/c1-3-23-14(22)9-4-6-10(7-5-9)17-15(24)18-11-8-20(2)19-12(11)13(16)21/h4-8H,3H2,1-2H3,(H2,16,21)(H2,17,18,24). The summed E-state index contributed by atoms with van der Waals surface area (Å²) in [4.78, 5) is 22.9. The van der Waals surface area contributed by atoms with Gasteiger partial charge in [-0.1, -0.05) is 0 Å². The zero-order valence-electron chi connectivity index (χ0n) is 13.2. The molecule has 126 valence electrons. The monoisotopic (exact) mass is 347 g/mol. The molecule has 0 saturated carbocycles. The maximum absolute atomic E-state index is 11.6. The van der Waals surface area contributed by atoms with Crippen LogP contribution >= 0.6 is 12.2 Å². The highest BCUT2D eigenvalue weighted by Crippen LogP contribution is 2.15. The number of rotatable bonds is 5. The number of amides is 1. The van der Waals surface area contributed by atoms with Crippen molar-refractivity contribution in [2.45, 2.75) is 6.92 Å². The lowest BCUT2D eigenvalue weighted by Gasteiger charge is -2.10. The van der Waals surface area contributed by atoms with Gasteiger partial charge in [0, 0.05) is 18.9 Å². The third-order valence-electron chi connectivity index (χ3n) is 2.96. The second-order valence-corrected chi connectivity index (χ2v) is 5.21. The van der Waals surface area contributed by atoms with E-state index in [1.54, 1.807) is 44.4 Å². The van der Waals surface area contributed by atoms with Crippen molar-refractivity contribution in [2.75, 3.05) is 17.2 Å². The number of hydrogen-bond acceptors (Lipinski definition) is 5. The third kappa shape index (κ3) is 4.29. The molecule has 24 heavy (non-hydrogen) atoms. The van der Waals surface area contributed by atoms with Gasteiger partial charge in [-0.05, 0) is 43.4 Å². The summed E-state index contributed by atoms with van der Waals surface area (Å²) in [5, 5.41) is 10.0. The Morgan fingerprint density at radius 3 is 2.54 bits per heavy atom. The van der Waals surface area contributed by atoms with Crippen molar-refractivity contribution < 1.29 is 14.3 Å². The van der Waals surface area contributed by atoms with Crippen molar-refractivity contribution >= 4 is 40.6 Å². The summed E-state index contributed by atoms with van der Waals surface area (Å²) in [5.41, 5.74) is 6.89. The van der Waals surface area contributed by atoms with Crippen molar-refractivity contribution in [1.29, 1.82) is 0 Å². The summed E-state index contributed by atoms with van der Waals surface area (Å²) in [6.07, 6.45) is 1.60. The largest absolute Gasteiger partial charge is 0.462 e. The van der Waals surface area contributed by atoms with Gasteiger partial charge in [0.1, 0.15) is 0 Å². The van der Waals surface area contributed by atoms with Crippen LogP contribution in [0.15, 0.2) is 30.5 Å². The molecule has 0 atom stereocenters. The molecule has 2 aromatic rings. The fourth-order valence-electron chi connectivity index (χ4n) is 1.95. The van der Waals surface area contributed by atoms with Crippen LogP contribution in [-0.4, -0.2) is 33.4 Å². The van der Waals surface area contributed by atoms with Gasteiger partial charge in [0.15, 0.2) is 10.8 Å². The molecule has 0 aliphatic carbocycles. The summed E-state index contributed by atoms with van der Waals surface area (Å²) in [6.45, 7) is 2.07. The number of thiocarbonyl (C=S) groups is 1. The first-order valence-corrected chi connectivity index (χ1v) is 7.50. The number of carbonyl (C=O) groups is 2. The van der Waals surface area contributed by atoms with Crippen molar-refractivity contribution in [3.8, 4) is 0 Å². The lowest BCUT2D eigenvalue weighted by Crippen LogP contribution is -2.21. The minimum Gasteiger partial charge on any atom is -0.462 e. The molecule has 2 rings (SSSR count). The number of primary amides is 1. The van der Waals surface area contributed by atoms with Crippen LogP contribution in [0.2, 0.25) is 0 Å². The number of ether oxygens (including phenoxy) is 1. The van der Waals surface area contributed by atoms with Crippen LogP contribution in [0.1, 0.15) is 27.8 Å². The van der Waals surface area contributed by atoms with E-state index in [1.165, 1.54) is 4.68 Å². The zero-order valence-corrected chi connectivity index (χ0v) is 14.0. The number of hydrogen-bond donors (Lipinski definition) is 3. The molecule has 4 N–H and O–H groups in total. The molecular weight excluding hydrogens is 330 g/mol. The topological polar surface area (TPSA) is 111 Å². The number of nitrogens with zero attached hydrogens (tertiary/aromatic N) is 2. The van der Waals surface area contributed by atoms with E-state index in [1.807, 2.05) is 0 Å². The Kier molecular flexibility index (Phi) is 5.48. The molecule has 1 aromatic heterocycles. The number of esters is 1. The molecule has 0 bridgehead atoms. The van der Waals surface area contributed by atoms with E-state index in [-0.39, 0.29) is 16.8 Å². The van der Waals surface area contributed by atoms with Crippen LogP contribution in [0.25, 0.3) is 0 Å². The highest BCUT2D eigenvalue weighted by atomic mass is 32.1. The molecule has 0 radical (unpaired) electrons. The van der Waals surface area contributed by atoms with Gasteiger partial charge in [-0.15, -0.1) is 0 Å². The Morgan fingerprint density at radius 1 is 1.29 bits per heavy atom. The number of carbonyl (C=O) groups excluding carboxylic acids is 2. The maximum Gasteiger partial charge on any atom is 0.338 e. The SMILES string of the molecule is CCOC(=O)c1ccc(NC(=S)Nc2cn(C)nc2C(N)=O)cc1. The average Bonchev–Trinajstić information content (AvgIpc) is 2.88. The molecule has 1 amide bonds. The third-order valence-corrected chi connectivity index (χ3v) is 3.17. The maximum atomic E-state index is 11.6. The molecule has 0 unspecified atom stereocenters. The predicted octanol–water partition coefficient (Wildman–Crippen LogP) is 1.50. The van der Waals surface area contributed by atoms with Gasteiger partial charge in [0.05, 0.1) is 17.9 Å². The van der Waals surface area contributed by atoms with E-state index in [4.69, 9.17) is 22.7 Å². The van der Waals surface area contributed by atoms with Gasteiger partial charge in [-0.2, -0.15) is 5.10 Å². The average molecular weight is 347 g/mol. The smallest absolute Gasteiger partial charge is 0.338 e. The Labute approximate surface area is 144 Å².